The maximum atomic E-state index is 15.7. The van der Waals surface area contributed by atoms with Crippen LogP contribution in [0.15, 0.2) is 5.16 Å². The monoisotopic (exact) mass is 497 g/mol. The van der Waals surface area contributed by atoms with E-state index in [1.54, 1.807) is 4.90 Å². The molecule has 0 aromatic carbocycles. The lowest BCUT2D eigenvalue weighted by Gasteiger charge is -2.47. The standard InChI is InChI=1S/C22H26ClF2N5O2S/c1-5-33-20-27-17-14-16(26-18(23)15(17)25)11(24)8-13-12-7-6-10(9-29(13)19(14)28-20)30(12)21(31)32-22(2,3)4/h10-13H,5-9H2,1-4H3/t10-,11-,12+,13-/m1/s1. The number of aromatic nitrogens is 3. The Hall–Kier alpha value is -1.94. The molecule has 7 nitrogen and oxygen atoms in total. The minimum Gasteiger partial charge on any atom is -0.444 e. The van der Waals surface area contributed by atoms with Crippen LogP contribution in [0.2, 0.25) is 5.15 Å². The average Bonchev–Trinajstić information content (AvgIpc) is 3.01. The van der Waals surface area contributed by atoms with E-state index in [9.17, 15) is 4.79 Å². The van der Waals surface area contributed by atoms with Crippen molar-refractivity contribution in [2.24, 2.45) is 0 Å². The van der Waals surface area contributed by atoms with Crippen LogP contribution in [0.3, 0.4) is 0 Å². The quantitative estimate of drug-likeness (QED) is 0.316. The Balaban J connectivity index is 1.64. The second-order valence-electron chi connectivity index (χ2n) is 9.70. The van der Waals surface area contributed by atoms with Gasteiger partial charge in [0.15, 0.2) is 16.1 Å². The summed E-state index contributed by atoms with van der Waals surface area (Å²) in [4.78, 5) is 30.0. The first-order chi connectivity index (χ1) is 15.6. The third-order valence-electron chi connectivity index (χ3n) is 6.43. The van der Waals surface area contributed by atoms with Crippen molar-refractivity contribution < 1.29 is 18.3 Å². The molecule has 33 heavy (non-hydrogen) atoms. The molecule has 0 radical (unpaired) electrons. The van der Waals surface area contributed by atoms with Crippen LogP contribution in [0.1, 0.15) is 58.8 Å². The molecule has 0 aliphatic carbocycles. The lowest BCUT2D eigenvalue weighted by molar-refractivity contribution is 0.00601. The predicted molar refractivity (Wildman–Crippen MR) is 123 cm³/mol. The summed E-state index contributed by atoms with van der Waals surface area (Å²) >= 11 is 7.42. The summed E-state index contributed by atoms with van der Waals surface area (Å²) in [7, 11) is 0. The minimum absolute atomic E-state index is 0.00355. The van der Waals surface area contributed by atoms with E-state index in [1.165, 1.54) is 11.8 Å². The summed E-state index contributed by atoms with van der Waals surface area (Å²) < 4.78 is 36.4. The Kier molecular flexibility index (Phi) is 5.59. The van der Waals surface area contributed by atoms with Crippen LogP contribution < -0.4 is 4.90 Å². The number of piperazine rings is 1. The number of halogens is 3. The number of alkyl halides is 1. The lowest BCUT2D eigenvalue weighted by atomic mass is 9.97. The zero-order valence-corrected chi connectivity index (χ0v) is 20.5. The smallest absolute Gasteiger partial charge is 0.410 e. The Morgan fingerprint density at radius 1 is 1.24 bits per heavy atom. The maximum absolute atomic E-state index is 15.7. The van der Waals surface area contributed by atoms with Crippen LogP contribution >= 0.6 is 23.4 Å². The van der Waals surface area contributed by atoms with E-state index >= 15 is 8.78 Å². The fourth-order valence-electron chi connectivity index (χ4n) is 5.25. The molecule has 0 N–H and O–H groups in total. The molecule has 3 aliphatic heterocycles. The number of hydrogen-bond donors (Lipinski definition) is 0. The lowest BCUT2D eigenvalue weighted by Crippen LogP contribution is -2.62. The maximum Gasteiger partial charge on any atom is 0.410 e. The highest BCUT2D eigenvalue weighted by molar-refractivity contribution is 7.99. The SMILES string of the molecule is CCSc1nc2c3c(nc(Cl)c(F)c3n1)[C@H](F)C[C@@H]1[C@@H]3CC[C@H](CN21)N3C(=O)OC(C)(C)C. The van der Waals surface area contributed by atoms with E-state index in [2.05, 4.69) is 9.97 Å². The van der Waals surface area contributed by atoms with Crippen LogP contribution in [0.4, 0.5) is 19.4 Å². The summed E-state index contributed by atoms with van der Waals surface area (Å²) in [6.07, 6.45) is -0.257. The normalized spacial score (nSPS) is 26.4. The van der Waals surface area contributed by atoms with Gasteiger partial charge in [-0.3, -0.25) is 4.90 Å². The molecular weight excluding hydrogens is 472 g/mol. The number of fused-ring (bicyclic) bond motifs is 5. The number of carbonyl (C=O) groups excluding carboxylic acids is 1. The molecule has 2 bridgehead atoms. The van der Waals surface area contributed by atoms with E-state index in [1.807, 2.05) is 32.6 Å². The van der Waals surface area contributed by atoms with Gasteiger partial charge < -0.3 is 9.64 Å². The number of nitrogens with zero attached hydrogens (tertiary/aromatic N) is 5. The van der Waals surface area contributed by atoms with E-state index in [-0.39, 0.29) is 47.2 Å². The molecule has 2 aromatic rings. The molecule has 2 saturated heterocycles. The van der Waals surface area contributed by atoms with Crippen molar-refractivity contribution in [1.82, 2.24) is 19.9 Å². The fourth-order valence-corrected chi connectivity index (χ4v) is 6.00. The zero-order valence-electron chi connectivity index (χ0n) is 18.9. The highest BCUT2D eigenvalue weighted by Gasteiger charge is 2.52. The molecule has 2 fully saturated rings. The molecule has 1 amide bonds. The van der Waals surface area contributed by atoms with Crippen molar-refractivity contribution in [3.8, 4) is 0 Å². The van der Waals surface area contributed by atoms with Gasteiger partial charge >= 0.3 is 6.09 Å². The third-order valence-corrected chi connectivity index (χ3v) is 7.41. The highest BCUT2D eigenvalue weighted by Crippen LogP contribution is 2.47. The average molecular weight is 498 g/mol. The van der Waals surface area contributed by atoms with Gasteiger partial charge in [0.1, 0.15) is 23.1 Å². The molecule has 4 atom stereocenters. The Bertz CT molecular complexity index is 1130. The molecule has 0 saturated carbocycles. The number of ether oxygens (including phenoxy) is 1. The van der Waals surface area contributed by atoms with Crippen molar-refractivity contribution in [2.45, 2.75) is 82.0 Å². The summed E-state index contributed by atoms with van der Waals surface area (Å²) in [5.41, 5.74) is -0.566. The van der Waals surface area contributed by atoms with Gasteiger partial charge in [-0.05, 0) is 39.4 Å². The second kappa shape index (κ2) is 8.08. The molecule has 3 aliphatic rings. The van der Waals surface area contributed by atoms with Crippen LogP contribution in [0, 0.1) is 5.82 Å². The van der Waals surface area contributed by atoms with Gasteiger partial charge in [0.2, 0.25) is 0 Å². The minimum atomic E-state index is -1.50. The van der Waals surface area contributed by atoms with Gasteiger partial charge in [0, 0.05) is 13.0 Å². The summed E-state index contributed by atoms with van der Waals surface area (Å²) in [6.45, 7) is 7.91. The molecule has 0 spiro atoms. The summed E-state index contributed by atoms with van der Waals surface area (Å²) in [5, 5.41) is 0.289. The first kappa shape index (κ1) is 22.8. The van der Waals surface area contributed by atoms with E-state index in [0.29, 0.717) is 23.3 Å². The predicted octanol–water partition coefficient (Wildman–Crippen LogP) is 5.30. The molecule has 5 heterocycles. The number of pyridine rings is 1. The molecule has 11 heteroatoms. The molecule has 178 valence electrons. The van der Waals surface area contributed by atoms with Crippen molar-refractivity contribution in [3.05, 3.63) is 16.7 Å². The Labute approximate surface area is 200 Å². The Morgan fingerprint density at radius 2 is 2.00 bits per heavy atom. The van der Waals surface area contributed by atoms with Crippen molar-refractivity contribution in [2.75, 3.05) is 17.2 Å². The van der Waals surface area contributed by atoms with Crippen LogP contribution in [-0.2, 0) is 4.74 Å². The van der Waals surface area contributed by atoms with Crippen LogP contribution in [0.25, 0.3) is 10.9 Å². The topological polar surface area (TPSA) is 71.5 Å². The number of hydrogen-bond acceptors (Lipinski definition) is 7. The van der Waals surface area contributed by atoms with Gasteiger partial charge in [-0.1, -0.05) is 30.3 Å². The first-order valence-corrected chi connectivity index (χ1v) is 12.6. The second-order valence-corrected chi connectivity index (χ2v) is 11.3. The van der Waals surface area contributed by atoms with Gasteiger partial charge in [-0.25, -0.2) is 28.5 Å². The van der Waals surface area contributed by atoms with Gasteiger partial charge in [-0.2, -0.15) is 0 Å². The number of anilines is 1. The van der Waals surface area contributed by atoms with Crippen LogP contribution in [-0.4, -0.2) is 62.0 Å². The fraction of sp³-hybridized carbons (Fsp3) is 0.636. The van der Waals surface area contributed by atoms with Crippen LogP contribution in [0.5, 0.6) is 0 Å². The highest BCUT2D eigenvalue weighted by atomic mass is 35.5. The van der Waals surface area contributed by atoms with Gasteiger partial charge in [0.25, 0.3) is 0 Å². The first-order valence-electron chi connectivity index (χ1n) is 11.2. The largest absolute Gasteiger partial charge is 0.444 e. The molecule has 5 rings (SSSR count). The van der Waals surface area contributed by atoms with Gasteiger partial charge in [0.05, 0.1) is 29.2 Å². The van der Waals surface area contributed by atoms with E-state index in [0.717, 1.165) is 12.8 Å². The number of rotatable bonds is 2. The molecular formula is C22H26ClF2N5O2S. The van der Waals surface area contributed by atoms with E-state index < -0.39 is 22.7 Å². The van der Waals surface area contributed by atoms with Gasteiger partial charge in [-0.15, -0.1) is 0 Å². The number of thioether (sulfide) groups is 1. The van der Waals surface area contributed by atoms with E-state index in [4.69, 9.17) is 21.3 Å². The third kappa shape index (κ3) is 3.79. The zero-order chi connectivity index (χ0) is 23.7. The Morgan fingerprint density at radius 3 is 2.70 bits per heavy atom. The summed E-state index contributed by atoms with van der Waals surface area (Å²) in [5.74, 6) is 0.406. The molecule has 0 unspecified atom stereocenters. The number of amides is 1. The van der Waals surface area contributed by atoms with Crippen molar-refractivity contribution in [1.29, 1.82) is 0 Å². The van der Waals surface area contributed by atoms with Crippen molar-refractivity contribution in [3.63, 3.8) is 0 Å². The number of carbonyl (C=O) groups is 1. The summed E-state index contributed by atoms with van der Waals surface area (Å²) in [6, 6.07) is -0.684. The molecule has 2 aromatic heterocycles. The van der Waals surface area contributed by atoms with Crippen molar-refractivity contribution >= 4 is 46.2 Å².